The smallest absolute Gasteiger partial charge is 0.0435 e. The van der Waals surface area contributed by atoms with Gasteiger partial charge in [-0.05, 0) is 43.5 Å². The Morgan fingerprint density at radius 3 is 2.54 bits per heavy atom. The van der Waals surface area contributed by atoms with Gasteiger partial charge < -0.3 is 5.32 Å². The van der Waals surface area contributed by atoms with Gasteiger partial charge in [0.15, 0.2) is 0 Å². The van der Waals surface area contributed by atoms with Gasteiger partial charge in [0.2, 0.25) is 0 Å². The lowest BCUT2D eigenvalue weighted by Gasteiger charge is -2.10. The number of rotatable bonds is 2. The normalized spacial score (nSPS) is 9.15. The van der Waals surface area contributed by atoms with Crippen LogP contribution in [0.1, 0.15) is 16.7 Å². The Balaban J connectivity index is 3.10. The maximum absolute atomic E-state index is 3.50. The number of hydrogen-bond acceptors (Lipinski definition) is 1. The van der Waals surface area contributed by atoms with Crippen molar-refractivity contribution in [1.29, 1.82) is 0 Å². The van der Waals surface area contributed by atoms with E-state index in [0.29, 0.717) is 0 Å². The van der Waals surface area contributed by atoms with Gasteiger partial charge in [-0.2, -0.15) is 0 Å². The summed E-state index contributed by atoms with van der Waals surface area (Å²) in [5.74, 6) is 0. The highest BCUT2D eigenvalue weighted by Gasteiger charge is 2.00. The summed E-state index contributed by atoms with van der Waals surface area (Å²) in [6.07, 6.45) is 1.72. The molecule has 0 unspecified atom stereocenters. The molecular weight excluding hydrogens is 158 g/mol. The van der Waals surface area contributed by atoms with Crippen LogP contribution in [-0.2, 0) is 0 Å². The van der Waals surface area contributed by atoms with E-state index in [2.05, 4.69) is 50.5 Å². The van der Waals surface area contributed by atoms with Crippen molar-refractivity contribution >= 4 is 5.69 Å². The molecule has 0 spiro atoms. The molecule has 1 rings (SSSR count). The first kappa shape index (κ1) is 9.63. The van der Waals surface area contributed by atoms with Crippen molar-refractivity contribution in [3.8, 4) is 0 Å². The van der Waals surface area contributed by atoms with Crippen molar-refractivity contribution in [3.05, 3.63) is 47.3 Å². The first-order valence-electron chi connectivity index (χ1n) is 4.34. The van der Waals surface area contributed by atoms with E-state index in [9.17, 15) is 0 Å². The molecule has 1 aromatic carbocycles. The number of nitrogens with one attached hydrogen (secondary N) is 1. The molecule has 1 aromatic rings. The van der Waals surface area contributed by atoms with E-state index in [1.807, 2.05) is 0 Å². The zero-order valence-corrected chi connectivity index (χ0v) is 8.44. The van der Waals surface area contributed by atoms with Crippen LogP contribution in [0.3, 0.4) is 0 Å². The Kier molecular flexibility index (Phi) is 2.94. The van der Waals surface area contributed by atoms with Crippen LogP contribution >= 0.6 is 0 Å². The van der Waals surface area contributed by atoms with Gasteiger partial charge in [-0.1, -0.05) is 12.6 Å². The monoisotopic (exact) mass is 173 g/mol. The number of hydrogen-bond donors (Lipinski definition) is 1. The minimum absolute atomic E-state index is 1.12. The van der Waals surface area contributed by atoms with E-state index in [1.165, 1.54) is 16.7 Å². The van der Waals surface area contributed by atoms with Crippen LogP contribution in [0.25, 0.3) is 0 Å². The average Bonchev–Trinajstić information content (AvgIpc) is 2.13. The third kappa shape index (κ3) is 2.01. The van der Waals surface area contributed by atoms with E-state index in [4.69, 9.17) is 0 Å². The zero-order valence-electron chi connectivity index (χ0n) is 8.44. The molecule has 0 aliphatic carbocycles. The third-order valence-electron chi connectivity index (χ3n) is 2.39. The van der Waals surface area contributed by atoms with Gasteiger partial charge >= 0.3 is 0 Å². The van der Waals surface area contributed by atoms with Gasteiger partial charge in [0.1, 0.15) is 0 Å². The van der Waals surface area contributed by atoms with Crippen LogP contribution in [0.4, 0.5) is 5.69 Å². The SMILES string of the molecule is C=C=CNc1ccc(C)c(C)c1C. The molecule has 0 bridgehead atoms. The van der Waals surface area contributed by atoms with Crippen LogP contribution in [0, 0.1) is 20.8 Å². The molecule has 0 aromatic heterocycles. The van der Waals surface area contributed by atoms with Crippen LogP contribution in [0.2, 0.25) is 0 Å². The van der Waals surface area contributed by atoms with Crippen molar-refractivity contribution in [1.82, 2.24) is 0 Å². The minimum Gasteiger partial charge on any atom is -0.355 e. The molecule has 13 heavy (non-hydrogen) atoms. The predicted molar refractivity (Wildman–Crippen MR) is 58.0 cm³/mol. The molecule has 0 heterocycles. The van der Waals surface area contributed by atoms with E-state index >= 15 is 0 Å². The van der Waals surface area contributed by atoms with Crippen molar-refractivity contribution in [2.45, 2.75) is 20.8 Å². The maximum Gasteiger partial charge on any atom is 0.0435 e. The maximum atomic E-state index is 3.50. The second-order valence-electron chi connectivity index (χ2n) is 3.17. The fourth-order valence-electron chi connectivity index (χ4n) is 1.24. The van der Waals surface area contributed by atoms with E-state index in [0.717, 1.165) is 5.69 Å². The Bertz CT molecular complexity index is 358. The molecule has 0 aliphatic rings. The van der Waals surface area contributed by atoms with Gasteiger partial charge in [0.25, 0.3) is 0 Å². The van der Waals surface area contributed by atoms with E-state index < -0.39 is 0 Å². The van der Waals surface area contributed by atoms with Crippen molar-refractivity contribution in [2.75, 3.05) is 5.32 Å². The molecule has 0 saturated carbocycles. The highest BCUT2D eigenvalue weighted by atomic mass is 14.8. The standard InChI is InChI=1S/C12H15N/c1-5-8-13-12-7-6-9(2)10(3)11(12)4/h6-8,13H,1H2,2-4H3. The second kappa shape index (κ2) is 3.97. The highest BCUT2D eigenvalue weighted by Crippen LogP contribution is 2.21. The van der Waals surface area contributed by atoms with Crippen LogP contribution in [-0.4, -0.2) is 0 Å². The van der Waals surface area contributed by atoms with Crippen molar-refractivity contribution in [2.24, 2.45) is 0 Å². The Morgan fingerprint density at radius 2 is 1.92 bits per heavy atom. The van der Waals surface area contributed by atoms with Gasteiger partial charge in [0, 0.05) is 11.9 Å². The molecule has 0 fully saturated rings. The molecule has 1 heteroatoms. The molecule has 0 radical (unpaired) electrons. The minimum atomic E-state index is 1.12. The highest BCUT2D eigenvalue weighted by molar-refractivity contribution is 5.57. The summed E-state index contributed by atoms with van der Waals surface area (Å²) in [6, 6.07) is 4.19. The predicted octanol–water partition coefficient (Wildman–Crippen LogP) is 3.32. The first-order chi connectivity index (χ1) is 6.16. The fourth-order valence-corrected chi connectivity index (χ4v) is 1.24. The largest absolute Gasteiger partial charge is 0.355 e. The Morgan fingerprint density at radius 1 is 1.23 bits per heavy atom. The molecular formula is C12H15N. The van der Waals surface area contributed by atoms with Gasteiger partial charge in [-0.25, -0.2) is 0 Å². The topological polar surface area (TPSA) is 12.0 Å². The lowest BCUT2D eigenvalue weighted by Crippen LogP contribution is -1.94. The number of benzene rings is 1. The molecule has 1 N–H and O–H groups in total. The number of anilines is 1. The van der Waals surface area contributed by atoms with Crippen LogP contribution in [0.15, 0.2) is 30.6 Å². The molecule has 0 amide bonds. The second-order valence-corrected chi connectivity index (χ2v) is 3.17. The quantitative estimate of drug-likeness (QED) is 0.676. The summed E-state index contributed by atoms with van der Waals surface area (Å²) in [5, 5.41) is 3.13. The third-order valence-corrected chi connectivity index (χ3v) is 2.39. The fraction of sp³-hybridized carbons (Fsp3) is 0.250. The van der Waals surface area contributed by atoms with Gasteiger partial charge in [-0.15, -0.1) is 5.73 Å². The lowest BCUT2D eigenvalue weighted by molar-refractivity contribution is 1.26. The Hall–Kier alpha value is -1.46. The van der Waals surface area contributed by atoms with Gasteiger partial charge in [0.05, 0.1) is 0 Å². The summed E-state index contributed by atoms with van der Waals surface area (Å²) < 4.78 is 0. The summed E-state index contributed by atoms with van der Waals surface area (Å²) in [7, 11) is 0. The summed E-state index contributed by atoms with van der Waals surface area (Å²) >= 11 is 0. The van der Waals surface area contributed by atoms with Crippen molar-refractivity contribution < 1.29 is 0 Å². The zero-order chi connectivity index (χ0) is 9.84. The Labute approximate surface area is 79.8 Å². The van der Waals surface area contributed by atoms with E-state index in [-0.39, 0.29) is 0 Å². The van der Waals surface area contributed by atoms with Gasteiger partial charge in [-0.3, -0.25) is 0 Å². The average molecular weight is 173 g/mol. The molecule has 0 saturated heterocycles. The summed E-state index contributed by atoms with van der Waals surface area (Å²) in [6.45, 7) is 9.87. The molecule has 0 aliphatic heterocycles. The molecule has 1 nitrogen and oxygen atoms in total. The number of aryl methyl sites for hydroxylation is 1. The molecule has 68 valence electrons. The first-order valence-corrected chi connectivity index (χ1v) is 4.34. The molecule has 0 atom stereocenters. The van der Waals surface area contributed by atoms with Crippen LogP contribution in [0.5, 0.6) is 0 Å². The summed E-state index contributed by atoms with van der Waals surface area (Å²) in [4.78, 5) is 0. The van der Waals surface area contributed by atoms with E-state index in [1.54, 1.807) is 6.20 Å². The van der Waals surface area contributed by atoms with Crippen LogP contribution < -0.4 is 5.32 Å². The lowest BCUT2D eigenvalue weighted by atomic mass is 10.0. The van der Waals surface area contributed by atoms with Crippen molar-refractivity contribution in [3.63, 3.8) is 0 Å². The summed E-state index contributed by atoms with van der Waals surface area (Å²) in [5.41, 5.74) is 7.76.